The first-order chi connectivity index (χ1) is 12.1. The normalized spacial score (nSPS) is 17.2. The molecule has 0 bridgehead atoms. The number of rotatable bonds is 5. The van der Waals surface area contributed by atoms with Crippen LogP contribution >= 0.6 is 0 Å². The highest BCUT2D eigenvalue weighted by atomic mass is 16.2. The van der Waals surface area contributed by atoms with Gasteiger partial charge in [0, 0.05) is 18.0 Å². The lowest BCUT2D eigenvalue weighted by Gasteiger charge is -2.27. The van der Waals surface area contributed by atoms with Gasteiger partial charge >= 0.3 is 0 Å². The summed E-state index contributed by atoms with van der Waals surface area (Å²) >= 11 is 0. The molecule has 130 valence electrons. The first kappa shape index (κ1) is 17.2. The number of carbonyl (C=O) groups is 2. The van der Waals surface area contributed by atoms with Gasteiger partial charge in [0.15, 0.2) is 0 Å². The van der Waals surface area contributed by atoms with Crippen molar-refractivity contribution in [1.29, 1.82) is 0 Å². The number of hydrogen-bond acceptors (Lipinski definition) is 2. The van der Waals surface area contributed by atoms with Gasteiger partial charge in [-0.3, -0.25) is 9.59 Å². The average molecular weight is 336 g/mol. The molecule has 0 heterocycles. The number of carbonyl (C=O) groups excluding carboxylic acids is 2. The SMILES string of the molecule is CC(CC(=O)NC1CCCc2ccccc21)NC(=O)c1ccccc1. The summed E-state index contributed by atoms with van der Waals surface area (Å²) in [6.45, 7) is 1.86. The maximum atomic E-state index is 12.4. The first-order valence-corrected chi connectivity index (χ1v) is 8.86. The van der Waals surface area contributed by atoms with E-state index in [9.17, 15) is 9.59 Å². The maximum absolute atomic E-state index is 12.4. The highest BCUT2D eigenvalue weighted by Crippen LogP contribution is 2.29. The van der Waals surface area contributed by atoms with E-state index in [1.807, 2.05) is 37.3 Å². The van der Waals surface area contributed by atoms with E-state index in [0.29, 0.717) is 5.56 Å². The van der Waals surface area contributed by atoms with Crippen molar-refractivity contribution in [1.82, 2.24) is 10.6 Å². The largest absolute Gasteiger partial charge is 0.349 e. The first-order valence-electron chi connectivity index (χ1n) is 8.86. The van der Waals surface area contributed by atoms with E-state index in [-0.39, 0.29) is 30.3 Å². The summed E-state index contributed by atoms with van der Waals surface area (Å²) in [5, 5.41) is 6.01. The Morgan fingerprint density at radius 1 is 1.08 bits per heavy atom. The van der Waals surface area contributed by atoms with E-state index in [2.05, 4.69) is 22.8 Å². The zero-order valence-electron chi connectivity index (χ0n) is 14.5. The fraction of sp³-hybridized carbons (Fsp3) is 0.333. The Kier molecular flexibility index (Phi) is 5.49. The molecule has 3 rings (SSSR count). The molecule has 0 fully saturated rings. The van der Waals surface area contributed by atoms with Crippen LogP contribution in [0, 0.1) is 0 Å². The molecular formula is C21H24N2O2. The van der Waals surface area contributed by atoms with E-state index >= 15 is 0 Å². The molecule has 0 radical (unpaired) electrons. The van der Waals surface area contributed by atoms with Gasteiger partial charge in [-0.1, -0.05) is 42.5 Å². The lowest BCUT2D eigenvalue weighted by atomic mass is 9.87. The van der Waals surface area contributed by atoms with Crippen LogP contribution in [0.25, 0.3) is 0 Å². The summed E-state index contributed by atoms with van der Waals surface area (Å²) in [6.07, 6.45) is 3.40. The Bertz CT molecular complexity index is 743. The van der Waals surface area contributed by atoms with Crippen molar-refractivity contribution in [3.8, 4) is 0 Å². The smallest absolute Gasteiger partial charge is 0.251 e. The minimum Gasteiger partial charge on any atom is -0.349 e. The van der Waals surface area contributed by atoms with Crippen molar-refractivity contribution in [3.63, 3.8) is 0 Å². The van der Waals surface area contributed by atoms with Gasteiger partial charge in [0.25, 0.3) is 5.91 Å². The zero-order valence-corrected chi connectivity index (χ0v) is 14.5. The molecule has 2 unspecified atom stereocenters. The predicted molar refractivity (Wildman–Crippen MR) is 98.3 cm³/mol. The molecule has 2 atom stereocenters. The quantitative estimate of drug-likeness (QED) is 0.879. The van der Waals surface area contributed by atoms with Crippen LogP contribution in [0.5, 0.6) is 0 Å². The number of aryl methyl sites for hydroxylation is 1. The van der Waals surface area contributed by atoms with Crippen molar-refractivity contribution < 1.29 is 9.59 Å². The standard InChI is InChI=1S/C21H24N2O2/c1-15(22-21(25)17-9-3-2-4-10-17)14-20(24)23-19-13-7-11-16-8-5-6-12-18(16)19/h2-6,8-10,12,15,19H,7,11,13-14H2,1H3,(H,22,25)(H,23,24). The Labute approximate surface area is 148 Å². The topological polar surface area (TPSA) is 58.2 Å². The van der Waals surface area contributed by atoms with Crippen molar-refractivity contribution in [2.45, 2.75) is 44.7 Å². The second kappa shape index (κ2) is 7.97. The number of hydrogen-bond donors (Lipinski definition) is 2. The van der Waals surface area contributed by atoms with E-state index in [1.54, 1.807) is 12.1 Å². The summed E-state index contributed by atoms with van der Waals surface area (Å²) in [4.78, 5) is 24.5. The molecule has 2 aromatic carbocycles. The minimum absolute atomic E-state index is 0.0254. The third-order valence-corrected chi connectivity index (χ3v) is 4.61. The van der Waals surface area contributed by atoms with Crippen LogP contribution in [0.3, 0.4) is 0 Å². The van der Waals surface area contributed by atoms with Crippen LogP contribution in [0.2, 0.25) is 0 Å². The molecular weight excluding hydrogens is 312 g/mol. The lowest BCUT2D eigenvalue weighted by Crippen LogP contribution is -2.38. The fourth-order valence-electron chi connectivity index (χ4n) is 3.38. The molecule has 0 aromatic heterocycles. The van der Waals surface area contributed by atoms with Gasteiger partial charge in [-0.05, 0) is 49.4 Å². The van der Waals surface area contributed by atoms with Crippen LogP contribution in [0.1, 0.15) is 53.7 Å². The molecule has 2 aromatic rings. The molecule has 2 amide bonds. The number of amides is 2. The average Bonchev–Trinajstić information content (AvgIpc) is 2.62. The summed E-state index contributed by atoms with van der Waals surface area (Å²) in [5.41, 5.74) is 3.16. The van der Waals surface area contributed by atoms with Crippen molar-refractivity contribution >= 4 is 11.8 Å². The van der Waals surface area contributed by atoms with Gasteiger partial charge in [0.05, 0.1) is 6.04 Å². The van der Waals surface area contributed by atoms with Gasteiger partial charge in [0.2, 0.25) is 5.91 Å². The maximum Gasteiger partial charge on any atom is 0.251 e. The highest BCUT2D eigenvalue weighted by molar-refractivity contribution is 5.94. The van der Waals surface area contributed by atoms with Crippen LogP contribution in [0.15, 0.2) is 54.6 Å². The minimum atomic E-state index is -0.216. The second-order valence-corrected chi connectivity index (χ2v) is 6.66. The molecule has 0 saturated heterocycles. The predicted octanol–water partition coefficient (Wildman–Crippen LogP) is 3.39. The van der Waals surface area contributed by atoms with Crippen LogP contribution in [-0.4, -0.2) is 17.9 Å². The number of benzene rings is 2. The van der Waals surface area contributed by atoms with Crippen LogP contribution in [0.4, 0.5) is 0 Å². The van der Waals surface area contributed by atoms with Gasteiger partial charge in [-0.2, -0.15) is 0 Å². The molecule has 1 aliphatic carbocycles. The van der Waals surface area contributed by atoms with Crippen molar-refractivity contribution in [2.24, 2.45) is 0 Å². The van der Waals surface area contributed by atoms with Crippen LogP contribution < -0.4 is 10.6 Å². The van der Waals surface area contributed by atoms with Gasteiger partial charge in [0.1, 0.15) is 0 Å². The molecule has 25 heavy (non-hydrogen) atoms. The third kappa shape index (κ3) is 4.47. The highest BCUT2D eigenvalue weighted by Gasteiger charge is 2.22. The summed E-state index contributed by atoms with van der Waals surface area (Å²) in [6, 6.07) is 17.2. The van der Waals surface area contributed by atoms with E-state index in [4.69, 9.17) is 0 Å². The lowest BCUT2D eigenvalue weighted by molar-refractivity contribution is -0.122. The van der Waals surface area contributed by atoms with Crippen molar-refractivity contribution in [3.05, 3.63) is 71.3 Å². The molecule has 0 spiro atoms. The van der Waals surface area contributed by atoms with Gasteiger partial charge < -0.3 is 10.6 Å². The molecule has 1 aliphatic rings. The van der Waals surface area contributed by atoms with E-state index < -0.39 is 0 Å². The fourth-order valence-corrected chi connectivity index (χ4v) is 3.38. The molecule has 2 N–H and O–H groups in total. The summed E-state index contributed by atoms with van der Waals surface area (Å²) < 4.78 is 0. The Hall–Kier alpha value is -2.62. The number of nitrogens with one attached hydrogen (secondary N) is 2. The number of fused-ring (bicyclic) bond motifs is 1. The monoisotopic (exact) mass is 336 g/mol. The Morgan fingerprint density at radius 2 is 1.80 bits per heavy atom. The van der Waals surface area contributed by atoms with Crippen molar-refractivity contribution in [2.75, 3.05) is 0 Å². The second-order valence-electron chi connectivity index (χ2n) is 6.66. The summed E-state index contributed by atoms with van der Waals surface area (Å²) in [7, 11) is 0. The molecule has 0 aliphatic heterocycles. The van der Waals surface area contributed by atoms with E-state index in [0.717, 1.165) is 19.3 Å². The van der Waals surface area contributed by atoms with Crippen LogP contribution in [-0.2, 0) is 11.2 Å². The third-order valence-electron chi connectivity index (χ3n) is 4.61. The van der Waals surface area contributed by atoms with E-state index in [1.165, 1.54) is 11.1 Å². The van der Waals surface area contributed by atoms with Gasteiger partial charge in [-0.25, -0.2) is 0 Å². The zero-order chi connectivity index (χ0) is 17.6. The summed E-state index contributed by atoms with van der Waals surface area (Å²) in [5.74, 6) is -0.175. The Morgan fingerprint density at radius 3 is 2.60 bits per heavy atom. The molecule has 4 heteroatoms. The Balaban J connectivity index is 1.54. The molecule has 4 nitrogen and oxygen atoms in total. The van der Waals surface area contributed by atoms with Gasteiger partial charge in [-0.15, -0.1) is 0 Å². The molecule has 0 saturated carbocycles.